The number of anilines is 3. The Labute approximate surface area is 174 Å². The van der Waals surface area contributed by atoms with Crippen LogP contribution in [-0.4, -0.2) is 43.6 Å². The van der Waals surface area contributed by atoms with Crippen LogP contribution in [0.25, 0.3) is 0 Å². The van der Waals surface area contributed by atoms with E-state index in [-0.39, 0.29) is 6.42 Å². The van der Waals surface area contributed by atoms with E-state index in [0.717, 1.165) is 18.8 Å². The molecule has 0 saturated carbocycles. The molecule has 0 bridgehead atoms. The third kappa shape index (κ3) is 4.71. The van der Waals surface area contributed by atoms with Crippen molar-refractivity contribution in [1.29, 1.82) is 0 Å². The van der Waals surface area contributed by atoms with Gasteiger partial charge in [0.05, 0.1) is 12.1 Å². The Hall–Kier alpha value is -3.55. The molecule has 2 aliphatic rings. The topological polar surface area (TPSA) is 97.0 Å². The number of hydrogen-bond acceptors (Lipinski definition) is 6. The van der Waals surface area contributed by atoms with Crippen molar-refractivity contribution in [2.24, 2.45) is 0 Å². The molecule has 0 spiro atoms. The van der Waals surface area contributed by atoms with Gasteiger partial charge in [-0.25, -0.2) is 0 Å². The molecule has 8 heteroatoms. The number of para-hydroxylation sites is 2. The Morgan fingerprint density at radius 3 is 2.60 bits per heavy atom. The van der Waals surface area contributed by atoms with Crippen molar-refractivity contribution in [1.82, 2.24) is 0 Å². The van der Waals surface area contributed by atoms with E-state index in [1.807, 2.05) is 24.3 Å². The zero-order chi connectivity index (χ0) is 20.9. The van der Waals surface area contributed by atoms with E-state index < -0.39 is 30.5 Å². The van der Waals surface area contributed by atoms with Crippen molar-refractivity contribution in [2.75, 3.05) is 35.2 Å². The quantitative estimate of drug-likeness (QED) is 0.712. The van der Waals surface area contributed by atoms with Crippen molar-refractivity contribution in [3.8, 4) is 5.75 Å². The van der Waals surface area contributed by atoms with E-state index in [0.29, 0.717) is 17.1 Å². The number of amides is 2. The largest absolute Gasteiger partial charge is 0.478 e. The number of nitrogens with zero attached hydrogens (tertiary/aromatic N) is 1. The summed E-state index contributed by atoms with van der Waals surface area (Å²) in [5.74, 6) is -1.07. The molecule has 2 aromatic carbocycles. The van der Waals surface area contributed by atoms with Crippen molar-refractivity contribution in [3.63, 3.8) is 0 Å². The minimum absolute atomic E-state index is 0.280. The van der Waals surface area contributed by atoms with Gasteiger partial charge in [-0.2, -0.15) is 0 Å². The molecule has 2 aromatic rings. The Kier molecular flexibility index (Phi) is 5.83. The van der Waals surface area contributed by atoms with Crippen molar-refractivity contribution >= 4 is 34.8 Å². The summed E-state index contributed by atoms with van der Waals surface area (Å²) >= 11 is 0. The van der Waals surface area contributed by atoms with Crippen LogP contribution < -0.4 is 20.3 Å². The second-order valence-corrected chi connectivity index (χ2v) is 7.25. The summed E-state index contributed by atoms with van der Waals surface area (Å²) in [6, 6.07) is 14.5. The first-order valence-corrected chi connectivity index (χ1v) is 9.95. The Bertz CT molecular complexity index is 938. The summed E-state index contributed by atoms with van der Waals surface area (Å²) in [4.78, 5) is 38.5. The molecular weight excluding hydrogens is 386 g/mol. The predicted octanol–water partition coefficient (Wildman–Crippen LogP) is 2.56. The smallest absolute Gasteiger partial charge is 0.310 e. The summed E-state index contributed by atoms with van der Waals surface area (Å²) < 4.78 is 10.6. The third-order valence-electron chi connectivity index (χ3n) is 5.05. The monoisotopic (exact) mass is 409 g/mol. The number of benzene rings is 2. The lowest BCUT2D eigenvalue weighted by atomic mass is 10.1. The fourth-order valence-electron chi connectivity index (χ4n) is 3.51. The summed E-state index contributed by atoms with van der Waals surface area (Å²) in [6.07, 6.45) is 1.12. The molecule has 2 aliphatic heterocycles. The molecule has 156 valence electrons. The van der Waals surface area contributed by atoms with E-state index in [1.165, 1.54) is 12.8 Å². The molecule has 30 heavy (non-hydrogen) atoms. The number of rotatable bonds is 6. The fraction of sp³-hybridized carbons (Fsp3) is 0.318. The maximum Gasteiger partial charge on any atom is 0.310 e. The lowest BCUT2D eigenvalue weighted by Crippen LogP contribution is -2.39. The fourth-order valence-corrected chi connectivity index (χ4v) is 3.51. The van der Waals surface area contributed by atoms with Crippen LogP contribution in [0, 0.1) is 0 Å². The van der Waals surface area contributed by atoms with E-state index in [4.69, 9.17) is 9.47 Å². The maximum absolute atomic E-state index is 12.1. The van der Waals surface area contributed by atoms with E-state index in [9.17, 15) is 14.4 Å². The molecule has 0 aromatic heterocycles. The second-order valence-electron chi connectivity index (χ2n) is 7.25. The maximum atomic E-state index is 12.1. The molecule has 0 aliphatic carbocycles. The van der Waals surface area contributed by atoms with Crippen molar-refractivity contribution in [2.45, 2.75) is 25.4 Å². The number of hydrogen-bond donors (Lipinski definition) is 2. The van der Waals surface area contributed by atoms with Gasteiger partial charge in [-0.3, -0.25) is 14.4 Å². The van der Waals surface area contributed by atoms with Gasteiger partial charge in [0.25, 0.3) is 11.8 Å². The lowest BCUT2D eigenvalue weighted by Gasteiger charge is -2.25. The first kappa shape index (κ1) is 19.8. The highest BCUT2D eigenvalue weighted by atomic mass is 16.5. The Morgan fingerprint density at radius 2 is 1.83 bits per heavy atom. The van der Waals surface area contributed by atoms with Crippen LogP contribution >= 0.6 is 0 Å². The molecular formula is C22H23N3O5. The lowest BCUT2D eigenvalue weighted by molar-refractivity contribution is -0.150. The number of fused-ring (bicyclic) bond motifs is 1. The zero-order valence-electron chi connectivity index (χ0n) is 16.4. The normalized spacial score (nSPS) is 17.5. The summed E-state index contributed by atoms with van der Waals surface area (Å²) in [5, 5.41) is 5.38. The summed E-state index contributed by atoms with van der Waals surface area (Å²) in [5.41, 5.74) is 2.32. The van der Waals surface area contributed by atoms with E-state index >= 15 is 0 Å². The van der Waals surface area contributed by atoms with Gasteiger partial charge in [0.1, 0.15) is 5.75 Å². The minimum Gasteiger partial charge on any atom is -0.478 e. The minimum atomic E-state index is -0.992. The molecule has 1 saturated heterocycles. The third-order valence-corrected chi connectivity index (χ3v) is 5.05. The van der Waals surface area contributed by atoms with Crippen LogP contribution in [0.4, 0.5) is 17.1 Å². The zero-order valence-corrected chi connectivity index (χ0v) is 16.4. The van der Waals surface area contributed by atoms with Gasteiger partial charge in [-0.15, -0.1) is 0 Å². The Balaban J connectivity index is 1.23. The molecule has 8 nitrogen and oxygen atoms in total. The van der Waals surface area contributed by atoms with Gasteiger partial charge in [-0.05, 0) is 49.2 Å². The van der Waals surface area contributed by atoms with E-state index in [2.05, 4.69) is 15.5 Å². The van der Waals surface area contributed by atoms with Crippen molar-refractivity contribution < 1.29 is 23.9 Å². The average Bonchev–Trinajstić information content (AvgIpc) is 3.28. The highest BCUT2D eigenvalue weighted by Crippen LogP contribution is 2.29. The van der Waals surface area contributed by atoms with Crippen LogP contribution in [0.15, 0.2) is 48.5 Å². The van der Waals surface area contributed by atoms with Gasteiger partial charge < -0.3 is 25.0 Å². The molecule has 0 unspecified atom stereocenters. The van der Waals surface area contributed by atoms with Gasteiger partial charge in [0.15, 0.2) is 12.7 Å². The first-order valence-electron chi connectivity index (χ1n) is 9.95. The van der Waals surface area contributed by atoms with Gasteiger partial charge >= 0.3 is 5.97 Å². The van der Waals surface area contributed by atoms with Crippen molar-refractivity contribution in [3.05, 3.63) is 48.5 Å². The van der Waals surface area contributed by atoms with Gasteiger partial charge in [-0.1, -0.05) is 12.1 Å². The van der Waals surface area contributed by atoms with Crippen LogP contribution in [0.5, 0.6) is 5.75 Å². The molecule has 1 atom stereocenters. The summed E-state index contributed by atoms with van der Waals surface area (Å²) in [6.45, 7) is 1.67. The summed E-state index contributed by atoms with van der Waals surface area (Å²) in [7, 11) is 0. The molecule has 0 radical (unpaired) electrons. The number of nitrogens with one attached hydrogen (secondary N) is 2. The highest BCUT2D eigenvalue weighted by molar-refractivity contribution is 5.99. The van der Waals surface area contributed by atoms with Crippen LogP contribution in [0.1, 0.15) is 19.3 Å². The molecule has 4 rings (SSSR count). The molecule has 1 fully saturated rings. The standard InChI is InChI=1S/C22H23N3O5/c26-20(23-15-7-9-16(10-8-15)25-11-3-4-12-25)14-29-21(27)13-19-22(28)24-17-5-1-2-6-18(17)30-19/h1-2,5-10,19H,3-4,11-14H2,(H,23,26)(H,24,28)/t19-/m1/s1. The second kappa shape index (κ2) is 8.86. The molecule has 2 N–H and O–H groups in total. The molecule has 2 amide bonds. The van der Waals surface area contributed by atoms with E-state index in [1.54, 1.807) is 24.3 Å². The number of carbonyl (C=O) groups is 3. The number of carbonyl (C=O) groups excluding carboxylic acids is 3. The number of esters is 1. The van der Waals surface area contributed by atoms with Crippen LogP contribution in [-0.2, 0) is 19.1 Å². The first-order chi connectivity index (χ1) is 14.6. The average molecular weight is 409 g/mol. The SMILES string of the molecule is O=C(COC(=O)C[C@H]1Oc2ccccc2NC1=O)Nc1ccc(N2CCCC2)cc1. The highest BCUT2D eigenvalue weighted by Gasteiger charge is 2.30. The Morgan fingerprint density at radius 1 is 1.10 bits per heavy atom. The van der Waals surface area contributed by atoms with Gasteiger partial charge in [0, 0.05) is 24.5 Å². The predicted molar refractivity (Wildman–Crippen MR) is 112 cm³/mol. The van der Waals surface area contributed by atoms with Crippen LogP contribution in [0.3, 0.4) is 0 Å². The van der Waals surface area contributed by atoms with Gasteiger partial charge in [0.2, 0.25) is 0 Å². The molecule has 2 heterocycles. The number of ether oxygens (including phenoxy) is 2. The van der Waals surface area contributed by atoms with Crippen LogP contribution in [0.2, 0.25) is 0 Å².